The quantitative estimate of drug-likeness (QED) is 0.352. The number of nitrogens with zero attached hydrogens (tertiary/aromatic N) is 1. The monoisotopic (exact) mass is 463 g/mol. The summed E-state index contributed by atoms with van der Waals surface area (Å²) in [6.45, 7) is 4.04. The fourth-order valence-corrected chi connectivity index (χ4v) is 4.04. The van der Waals surface area contributed by atoms with E-state index in [1.807, 2.05) is 43.3 Å². The molecule has 0 N–H and O–H groups in total. The number of carbonyl (C=O) groups is 1. The minimum atomic E-state index is -0.400. The van der Waals surface area contributed by atoms with E-state index in [0.29, 0.717) is 5.56 Å². The Bertz CT molecular complexity index is 1230. The summed E-state index contributed by atoms with van der Waals surface area (Å²) in [5, 5.41) is 0.956. The van der Waals surface area contributed by atoms with E-state index in [4.69, 9.17) is 9.57 Å². The molecule has 0 aliphatic carbocycles. The van der Waals surface area contributed by atoms with Gasteiger partial charge in [0.2, 0.25) is 0 Å². The Hall–Kier alpha value is -3.05. The van der Waals surface area contributed by atoms with Crippen LogP contribution >= 0.6 is 15.9 Å². The molecule has 0 radical (unpaired) electrons. The molecular formula is C25H22BrNO3. The normalized spacial score (nSPS) is 10.9. The van der Waals surface area contributed by atoms with Crippen LogP contribution in [0, 0.1) is 6.92 Å². The third-order valence-electron chi connectivity index (χ3n) is 5.19. The van der Waals surface area contributed by atoms with Gasteiger partial charge in [0.1, 0.15) is 5.75 Å². The second-order valence-electron chi connectivity index (χ2n) is 7.12. The summed E-state index contributed by atoms with van der Waals surface area (Å²) < 4.78 is 7.95. The molecule has 0 saturated heterocycles. The van der Waals surface area contributed by atoms with Crippen LogP contribution in [0.3, 0.4) is 0 Å². The number of carbonyl (C=O) groups excluding carboxylic acids is 1. The lowest BCUT2D eigenvalue weighted by Crippen LogP contribution is -2.20. The highest BCUT2D eigenvalue weighted by atomic mass is 79.9. The second-order valence-corrected chi connectivity index (χ2v) is 7.98. The van der Waals surface area contributed by atoms with Crippen molar-refractivity contribution in [2.45, 2.75) is 20.3 Å². The predicted octanol–water partition coefficient (Wildman–Crippen LogP) is 6.22. The van der Waals surface area contributed by atoms with Gasteiger partial charge in [0.25, 0.3) is 0 Å². The Kier molecular flexibility index (Phi) is 5.64. The Morgan fingerprint density at radius 2 is 1.70 bits per heavy atom. The van der Waals surface area contributed by atoms with Gasteiger partial charge in [0.15, 0.2) is 0 Å². The standard InChI is InChI=1S/C25H22BrNO3/c1-4-17-14-20(9-11-23(17)26)18-5-7-19(8-6-18)25(28)30-27-16(2)13-21-15-22(29-3)10-12-24(21)27/h5-15H,4H2,1-3H3. The van der Waals surface area contributed by atoms with E-state index in [9.17, 15) is 4.79 Å². The van der Waals surface area contributed by atoms with Crippen molar-refractivity contribution in [3.8, 4) is 16.9 Å². The van der Waals surface area contributed by atoms with Crippen LogP contribution in [0.2, 0.25) is 0 Å². The molecular weight excluding hydrogens is 442 g/mol. The molecule has 5 heteroatoms. The van der Waals surface area contributed by atoms with Gasteiger partial charge in [-0.05, 0) is 72.5 Å². The minimum Gasteiger partial charge on any atom is -0.497 e. The van der Waals surface area contributed by atoms with Crippen LogP contribution < -0.4 is 9.57 Å². The smallest absolute Gasteiger partial charge is 0.363 e. The van der Waals surface area contributed by atoms with Crippen molar-refractivity contribution in [2.24, 2.45) is 0 Å². The number of fused-ring (bicyclic) bond motifs is 1. The van der Waals surface area contributed by atoms with Crippen molar-refractivity contribution >= 4 is 32.8 Å². The van der Waals surface area contributed by atoms with Crippen molar-refractivity contribution < 1.29 is 14.4 Å². The van der Waals surface area contributed by atoms with Gasteiger partial charge in [0.05, 0.1) is 23.9 Å². The highest BCUT2D eigenvalue weighted by Gasteiger charge is 2.14. The van der Waals surface area contributed by atoms with Crippen molar-refractivity contribution in [1.82, 2.24) is 4.73 Å². The first kappa shape index (κ1) is 20.2. The summed E-state index contributed by atoms with van der Waals surface area (Å²) in [7, 11) is 1.63. The van der Waals surface area contributed by atoms with E-state index in [0.717, 1.165) is 44.4 Å². The summed E-state index contributed by atoms with van der Waals surface area (Å²) in [6.07, 6.45) is 0.953. The molecule has 4 rings (SSSR count). The molecule has 0 aliphatic rings. The first-order valence-electron chi connectivity index (χ1n) is 9.77. The molecule has 1 aromatic heterocycles. The van der Waals surface area contributed by atoms with E-state index in [1.165, 1.54) is 5.56 Å². The average Bonchev–Trinajstić information content (AvgIpc) is 3.08. The maximum absolute atomic E-state index is 12.8. The number of aryl methyl sites for hydroxylation is 2. The highest BCUT2D eigenvalue weighted by molar-refractivity contribution is 9.10. The third kappa shape index (κ3) is 3.85. The number of methoxy groups -OCH3 is 1. The zero-order valence-electron chi connectivity index (χ0n) is 17.1. The molecule has 30 heavy (non-hydrogen) atoms. The van der Waals surface area contributed by atoms with Crippen LogP contribution in [0.5, 0.6) is 5.75 Å². The van der Waals surface area contributed by atoms with Crippen molar-refractivity contribution in [3.05, 3.63) is 88.0 Å². The summed E-state index contributed by atoms with van der Waals surface area (Å²) in [5.74, 6) is 0.365. The van der Waals surface area contributed by atoms with Gasteiger partial charge in [-0.3, -0.25) is 0 Å². The Labute approximate surface area is 184 Å². The van der Waals surface area contributed by atoms with Crippen LogP contribution in [-0.2, 0) is 6.42 Å². The molecule has 0 bridgehead atoms. The molecule has 152 valence electrons. The van der Waals surface area contributed by atoms with Crippen molar-refractivity contribution in [2.75, 3.05) is 7.11 Å². The van der Waals surface area contributed by atoms with Crippen molar-refractivity contribution in [3.63, 3.8) is 0 Å². The molecule has 0 atom stereocenters. The van der Waals surface area contributed by atoms with Gasteiger partial charge >= 0.3 is 5.97 Å². The zero-order chi connectivity index (χ0) is 21.3. The number of halogens is 1. The summed E-state index contributed by atoms with van der Waals surface area (Å²) in [4.78, 5) is 18.4. The molecule has 0 spiro atoms. The van der Waals surface area contributed by atoms with Crippen LogP contribution in [0.25, 0.3) is 22.0 Å². The molecule has 4 aromatic rings. The van der Waals surface area contributed by atoms with E-state index in [-0.39, 0.29) is 0 Å². The first-order valence-corrected chi connectivity index (χ1v) is 10.6. The van der Waals surface area contributed by atoms with Gasteiger partial charge in [0, 0.05) is 9.86 Å². The minimum absolute atomic E-state index is 0.400. The van der Waals surface area contributed by atoms with Gasteiger partial charge in [-0.25, -0.2) is 4.79 Å². The van der Waals surface area contributed by atoms with E-state index >= 15 is 0 Å². The van der Waals surface area contributed by atoms with E-state index < -0.39 is 5.97 Å². The van der Waals surface area contributed by atoms with Gasteiger partial charge < -0.3 is 9.57 Å². The maximum atomic E-state index is 12.8. The number of ether oxygens (including phenoxy) is 1. The molecule has 0 aliphatic heterocycles. The maximum Gasteiger partial charge on any atom is 0.363 e. The molecule has 0 unspecified atom stereocenters. The van der Waals surface area contributed by atoms with Crippen LogP contribution in [0.1, 0.15) is 28.5 Å². The number of hydrogen-bond donors (Lipinski definition) is 0. The van der Waals surface area contributed by atoms with Crippen LogP contribution in [0.4, 0.5) is 0 Å². The molecule has 1 heterocycles. The zero-order valence-corrected chi connectivity index (χ0v) is 18.7. The third-order valence-corrected chi connectivity index (χ3v) is 5.97. The Morgan fingerprint density at radius 3 is 2.40 bits per heavy atom. The molecule has 0 fully saturated rings. The van der Waals surface area contributed by atoms with Gasteiger partial charge in [-0.1, -0.05) is 47.1 Å². The second kappa shape index (κ2) is 8.36. The van der Waals surface area contributed by atoms with Gasteiger partial charge in [-0.15, -0.1) is 0 Å². The summed E-state index contributed by atoms with van der Waals surface area (Å²) in [6, 6.07) is 21.4. The van der Waals surface area contributed by atoms with Crippen molar-refractivity contribution in [1.29, 1.82) is 0 Å². The largest absolute Gasteiger partial charge is 0.497 e. The fourth-order valence-electron chi connectivity index (χ4n) is 3.51. The molecule has 4 nitrogen and oxygen atoms in total. The van der Waals surface area contributed by atoms with Crippen LogP contribution in [0.15, 0.2) is 71.2 Å². The first-order chi connectivity index (χ1) is 14.5. The lowest BCUT2D eigenvalue weighted by molar-refractivity contribution is 0.0474. The molecule has 0 amide bonds. The number of aromatic nitrogens is 1. The summed E-state index contributed by atoms with van der Waals surface area (Å²) >= 11 is 3.58. The van der Waals surface area contributed by atoms with E-state index in [2.05, 4.69) is 41.1 Å². The van der Waals surface area contributed by atoms with Crippen LogP contribution in [-0.4, -0.2) is 17.8 Å². The lowest BCUT2D eigenvalue weighted by Gasteiger charge is -2.10. The Balaban J connectivity index is 1.58. The van der Waals surface area contributed by atoms with Gasteiger partial charge in [-0.2, -0.15) is 4.73 Å². The predicted molar refractivity (Wildman–Crippen MR) is 123 cm³/mol. The topological polar surface area (TPSA) is 40.5 Å². The number of hydrogen-bond acceptors (Lipinski definition) is 3. The fraction of sp³-hybridized carbons (Fsp3) is 0.160. The molecule has 3 aromatic carbocycles. The highest BCUT2D eigenvalue weighted by Crippen LogP contribution is 2.27. The average molecular weight is 464 g/mol. The lowest BCUT2D eigenvalue weighted by atomic mass is 10.0. The summed E-state index contributed by atoms with van der Waals surface area (Å²) in [5.41, 5.74) is 5.59. The van der Waals surface area contributed by atoms with E-state index in [1.54, 1.807) is 24.0 Å². The number of rotatable bonds is 5. The molecule has 0 saturated carbocycles. The Morgan fingerprint density at radius 1 is 0.967 bits per heavy atom. The SMILES string of the molecule is CCc1cc(-c2ccc(C(=O)On3c(C)cc4cc(OC)ccc43)cc2)ccc1Br. The number of benzene rings is 3.